The number of benzene rings is 1. The van der Waals surface area contributed by atoms with Crippen LogP contribution < -0.4 is 5.32 Å². The van der Waals surface area contributed by atoms with E-state index < -0.39 is 17.9 Å². The van der Waals surface area contributed by atoms with E-state index in [-0.39, 0.29) is 0 Å². The fraction of sp³-hybridized carbons (Fsp3) is 0.353. The molecule has 1 aromatic carbocycles. The molecule has 1 amide bonds. The van der Waals surface area contributed by atoms with Gasteiger partial charge in [-0.3, -0.25) is 9.48 Å². The van der Waals surface area contributed by atoms with Gasteiger partial charge in [0.1, 0.15) is 0 Å². The van der Waals surface area contributed by atoms with Crippen molar-refractivity contribution >= 4 is 11.9 Å². The summed E-state index contributed by atoms with van der Waals surface area (Å²) in [6.45, 7) is 4.65. The monoisotopic (exact) mass is 315 g/mol. The minimum Gasteiger partial charge on any atom is -0.479 e. The van der Waals surface area contributed by atoms with Gasteiger partial charge in [0.05, 0.1) is 11.8 Å². The number of aryl methyl sites for hydroxylation is 1. The Labute approximate surface area is 135 Å². The van der Waals surface area contributed by atoms with Crippen LogP contribution in [0.5, 0.6) is 0 Å². The van der Waals surface area contributed by atoms with Crippen LogP contribution in [0, 0.1) is 6.92 Å². The van der Waals surface area contributed by atoms with Crippen LogP contribution >= 0.6 is 0 Å². The van der Waals surface area contributed by atoms with Gasteiger partial charge in [-0.05, 0) is 18.9 Å². The second kappa shape index (κ2) is 7.58. The third kappa shape index (κ3) is 3.97. The molecule has 0 unspecified atom stereocenters. The van der Waals surface area contributed by atoms with Crippen molar-refractivity contribution in [1.29, 1.82) is 0 Å². The zero-order valence-electron chi connectivity index (χ0n) is 13.3. The third-order valence-corrected chi connectivity index (χ3v) is 3.73. The lowest BCUT2D eigenvalue weighted by Crippen LogP contribution is -2.34. The molecule has 0 saturated carbocycles. The van der Waals surface area contributed by atoms with Crippen molar-refractivity contribution < 1.29 is 14.7 Å². The average Bonchev–Trinajstić information content (AvgIpc) is 2.92. The first-order valence-electron chi connectivity index (χ1n) is 7.65. The molecule has 2 rings (SSSR count). The number of rotatable bonds is 7. The third-order valence-electron chi connectivity index (χ3n) is 3.73. The van der Waals surface area contributed by atoms with Gasteiger partial charge in [0.15, 0.2) is 6.04 Å². The molecule has 122 valence electrons. The summed E-state index contributed by atoms with van der Waals surface area (Å²) in [5.41, 5.74) is 1.68. The number of nitrogens with zero attached hydrogens (tertiary/aromatic N) is 2. The number of aromatic nitrogens is 2. The number of amides is 1. The number of unbranched alkanes of at least 4 members (excludes halogenated alkanes) is 1. The van der Waals surface area contributed by atoms with Crippen LogP contribution in [0.2, 0.25) is 0 Å². The molecule has 0 radical (unpaired) electrons. The van der Waals surface area contributed by atoms with Gasteiger partial charge >= 0.3 is 5.97 Å². The van der Waals surface area contributed by atoms with Crippen LogP contribution in [-0.2, 0) is 11.3 Å². The maximum absolute atomic E-state index is 12.4. The largest absolute Gasteiger partial charge is 0.479 e. The smallest absolute Gasteiger partial charge is 0.330 e. The molecule has 2 N–H and O–H groups in total. The normalized spacial score (nSPS) is 11.9. The average molecular weight is 315 g/mol. The lowest BCUT2D eigenvalue weighted by molar-refractivity contribution is -0.139. The number of carbonyl (C=O) groups is 2. The Morgan fingerprint density at radius 2 is 2.00 bits per heavy atom. The van der Waals surface area contributed by atoms with E-state index in [0.717, 1.165) is 25.1 Å². The van der Waals surface area contributed by atoms with Crippen LogP contribution in [0.1, 0.15) is 47.4 Å². The lowest BCUT2D eigenvalue weighted by Gasteiger charge is -2.14. The highest BCUT2D eigenvalue weighted by molar-refractivity contribution is 5.97. The van der Waals surface area contributed by atoms with Crippen molar-refractivity contribution in [3.05, 3.63) is 53.3 Å². The standard InChI is InChI=1S/C17H21N3O3/c1-3-4-10-20-12(2)14(11-18-20)16(21)19-15(17(22)23)13-8-6-5-7-9-13/h5-9,11,15H,3-4,10H2,1-2H3,(H,19,21)(H,22,23)/t15-/m0/s1. The molecule has 2 aromatic rings. The topological polar surface area (TPSA) is 84.2 Å². The van der Waals surface area contributed by atoms with Gasteiger partial charge in [0, 0.05) is 12.2 Å². The molecular weight excluding hydrogens is 294 g/mol. The minimum absolute atomic E-state index is 0.406. The second-order valence-electron chi connectivity index (χ2n) is 5.38. The first kappa shape index (κ1) is 16.7. The second-order valence-corrected chi connectivity index (χ2v) is 5.38. The zero-order valence-corrected chi connectivity index (χ0v) is 13.3. The van der Waals surface area contributed by atoms with Crippen LogP contribution in [0.3, 0.4) is 0 Å². The van der Waals surface area contributed by atoms with Crippen LogP contribution in [0.15, 0.2) is 36.5 Å². The van der Waals surface area contributed by atoms with E-state index in [1.165, 1.54) is 6.20 Å². The summed E-state index contributed by atoms with van der Waals surface area (Å²) in [6.07, 6.45) is 3.51. The molecule has 6 nitrogen and oxygen atoms in total. The molecule has 1 heterocycles. The van der Waals surface area contributed by atoms with E-state index in [1.54, 1.807) is 35.0 Å². The van der Waals surface area contributed by atoms with E-state index in [1.807, 2.05) is 6.92 Å². The molecule has 0 aliphatic rings. The van der Waals surface area contributed by atoms with Crippen molar-refractivity contribution in [2.45, 2.75) is 39.3 Å². The Kier molecular flexibility index (Phi) is 5.51. The van der Waals surface area contributed by atoms with Gasteiger partial charge < -0.3 is 10.4 Å². The number of carbonyl (C=O) groups excluding carboxylic acids is 1. The maximum atomic E-state index is 12.4. The number of carboxylic acid groups (broad SMARTS) is 1. The molecule has 1 aromatic heterocycles. The quantitative estimate of drug-likeness (QED) is 0.822. The maximum Gasteiger partial charge on any atom is 0.330 e. The molecule has 0 aliphatic carbocycles. The Morgan fingerprint density at radius 3 is 2.61 bits per heavy atom. The van der Waals surface area contributed by atoms with Gasteiger partial charge in [-0.25, -0.2) is 4.79 Å². The van der Waals surface area contributed by atoms with Gasteiger partial charge in [-0.15, -0.1) is 0 Å². The fourth-order valence-corrected chi connectivity index (χ4v) is 2.34. The number of hydrogen-bond donors (Lipinski definition) is 2. The van der Waals surface area contributed by atoms with E-state index in [2.05, 4.69) is 17.3 Å². The summed E-state index contributed by atoms with van der Waals surface area (Å²) < 4.78 is 1.77. The van der Waals surface area contributed by atoms with Crippen LogP contribution in [0.25, 0.3) is 0 Å². The predicted molar refractivity (Wildman–Crippen MR) is 86.2 cm³/mol. The molecule has 23 heavy (non-hydrogen) atoms. The van der Waals surface area contributed by atoms with E-state index in [4.69, 9.17) is 0 Å². The van der Waals surface area contributed by atoms with Gasteiger partial charge in [-0.1, -0.05) is 43.7 Å². The van der Waals surface area contributed by atoms with Gasteiger partial charge in [0.2, 0.25) is 0 Å². The van der Waals surface area contributed by atoms with Crippen molar-refractivity contribution in [2.75, 3.05) is 0 Å². The van der Waals surface area contributed by atoms with Crippen molar-refractivity contribution in [3.63, 3.8) is 0 Å². The molecule has 0 aliphatic heterocycles. The number of carboxylic acids is 1. The molecule has 0 spiro atoms. The highest BCUT2D eigenvalue weighted by atomic mass is 16.4. The summed E-state index contributed by atoms with van der Waals surface area (Å²) in [5.74, 6) is -1.53. The first-order chi connectivity index (χ1) is 11.0. The SMILES string of the molecule is CCCCn1ncc(C(=O)N[C@H](C(=O)O)c2ccccc2)c1C. The first-order valence-corrected chi connectivity index (χ1v) is 7.65. The van der Waals surface area contributed by atoms with E-state index in [0.29, 0.717) is 11.1 Å². The van der Waals surface area contributed by atoms with Crippen LogP contribution in [-0.4, -0.2) is 26.8 Å². The number of nitrogens with one attached hydrogen (secondary N) is 1. The molecule has 0 fully saturated rings. The van der Waals surface area contributed by atoms with Gasteiger partial charge in [0.25, 0.3) is 5.91 Å². The fourth-order valence-electron chi connectivity index (χ4n) is 2.34. The van der Waals surface area contributed by atoms with E-state index in [9.17, 15) is 14.7 Å². The molecule has 0 saturated heterocycles. The Bertz CT molecular complexity index is 680. The Balaban J connectivity index is 2.17. The van der Waals surface area contributed by atoms with Crippen molar-refractivity contribution in [3.8, 4) is 0 Å². The zero-order chi connectivity index (χ0) is 16.8. The highest BCUT2D eigenvalue weighted by Crippen LogP contribution is 2.15. The summed E-state index contributed by atoms with van der Waals surface area (Å²) >= 11 is 0. The van der Waals surface area contributed by atoms with Crippen molar-refractivity contribution in [1.82, 2.24) is 15.1 Å². The predicted octanol–water partition coefficient (Wildman–Crippen LogP) is 2.55. The molecular formula is C17H21N3O3. The number of hydrogen-bond acceptors (Lipinski definition) is 3. The number of aliphatic carboxylic acids is 1. The van der Waals surface area contributed by atoms with Gasteiger partial charge in [-0.2, -0.15) is 5.10 Å². The molecule has 1 atom stereocenters. The molecule has 6 heteroatoms. The summed E-state index contributed by atoms with van der Waals surface area (Å²) in [7, 11) is 0. The Morgan fingerprint density at radius 1 is 1.30 bits per heavy atom. The molecule has 0 bridgehead atoms. The van der Waals surface area contributed by atoms with Crippen LogP contribution in [0.4, 0.5) is 0 Å². The van der Waals surface area contributed by atoms with E-state index >= 15 is 0 Å². The van der Waals surface area contributed by atoms with Crippen molar-refractivity contribution in [2.24, 2.45) is 0 Å². The minimum atomic E-state index is -1.10. The summed E-state index contributed by atoms with van der Waals surface area (Å²) in [5, 5.41) is 16.2. The lowest BCUT2D eigenvalue weighted by atomic mass is 10.1. The summed E-state index contributed by atoms with van der Waals surface area (Å²) in [4.78, 5) is 23.9. The summed E-state index contributed by atoms with van der Waals surface area (Å²) in [6, 6.07) is 7.55. The Hall–Kier alpha value is -2.63. The highest BCUT2D eigenvalue weighted by Gasteiger charge is 2.24.